The first kappa shape index (κ1) is 21.4. The zero-order valence-electron chi connectivity index (χ0n) is 17.2. The topological polar surface area (TPSA) is 103 Å². The first-order chi connectivity index (χ1) is 14.3. The van der Waals surface area contributed by atoms with Gasteiger partial charge >= 0.3 is 5.97 Å². The van der Waals surface area contributed by atoms with Crippen LogP contribution in [0.1, 0.15) is 33.4 Å². The van der Waals surface area contributed by atoms with E-state index in [0.717, 1.165) is 32.7 Å². The molecule has 1 amide bonds. The van der Waals surface area contributed by atoms with Crippen molar-refractivity contribution in [3.8, 4) is 11.3 Å². The van der Waals surface area contributed by atoms with Crippen LogP contribution in [0.5, 0.6) is 0 Å². The molecule has 1 N–H and O–H groups in total. The number of benzene rings is 1. The number of aryl methyl sites for hydroxylation is 3. The molecule has 8 nitrogen and oxygen atoms in total. The molecule has 2 heterocycles. The number of thiazole rings is 1. The summed E-state index contributed by atoms with van der Waals surface area (Å²) in [4.78, 5) is 41.0. The van der Waals surface area contributed by atoms with Crippen molar-refractivity contribution in [1.29, 1.82) is 0 Å². The molecule has 0 radical (unpaired) electrons. The number of ether oxygens (including phenoxy) is 1. The average molecular weight is 426 g/mol. The Morgan fingerprint density at radius 2 is 1.90 bits per heavy atom. The van der Waals surface area contributed by atoms with E-state index in [0.29, 0.717) is 16.3 Å². The zero-order valence-corrected chi connectivity index (χ0v) is 18.0. The fourth-order valence-electron chi connectivity index (χ4n) is 2.75. The average Bonchev–Trinajstić information content (AvgIpc) is 3.06. The van der Waals surface area contributed by atoms with Crippen molar-refractivity contribution in [3.63, 3.8) is 0 Å². The second-order valence-electron chi connectivity index (χ2n) is 6.72. The molecular formula is C21H22N4O4S. The fourth-order valence-corrected chi connectivity index (χ4v) is 3.62. The molecule has 30 heavy (non-hydrogen) atoms. The van der Waals surface area contributed by atoms with Gasteiger partial charge in [0.25, 0.3) is 5.56 Å². The number of rotatable bonds is 6. The van der Waals surface area contributed by atoms with Gasteiger partial charge in [0.2, 0.25) is 5.91 Å². The maximum Gasteiger partial charge on any atom is 0.350 e. The van der Waals surface area contributed by atoms with Crippen LogP contribution in [0.4, 0.5) is 5.13 Å². The van der Waals surface area contributed by atoms with Gasteiger partial charge in [0.05, 0.1) is 18.0 Å². The molecule has 0 atom stereocenters. The van der Waals surface area contributed by atoms with Gasteiger partial charge in [-0.3, -0.25) is 9.59 Å². The van der Waals surface area contributed by atoms with Crippen LogP contribution < -0.4 is 10.9 Å². The predicted octanol–water partition coefficient (Wildman–Crippen LogP) is 3.11. The van der Waals surface area contributed by atoms with E-state index in [9.17, 15) is 14.4 Å². The Hall–Kier alpha value is -3.33. The molecule has 2 aromatic heterocycles. The molecule has 0 fully saturated rings. The molecule has 0 aliphatic carbocycles. The summed E-state index contributed by atoms with van der Waals surface area (Å²) in [5.74, 6) is -0.946. The third-order valence-corrected chi connectivity index (χ3v) is 5.52. The lowest BCUT2D eigenvalue weighted by Gasteiger charge is -2.08. The van der Waals surface area contributed by atoms with Crippen LogP contribution in [0.3, 0.4) is 0 Å². The van der Waals surface area contributed by atoms with E-state index >= 15 is 0 Å². The number of carbonyl (C=O) groups excluding carboxylic acids is 2. The van der Waals surface area contributed by atoms with Crippen molar-refractivity contribution in [2.45, 2.75) is 34.2 Å². The second kappa shape index (κ2) is 9.00. The summed E-state index contributed by atoms with van der Waals surface area (Å²) in [5, 5.41) is 7.20. The van der Waals surface area contributed by atoms with Crippen LogP contribution >= 0.6 is 11.3 Å². The minimum atomic E-state index is -0.480. The van der Waals surface area contributed by atoms with Crippen LogP contribution in [0, 0.1) is 20.8 Å². The number of hydrogen-bond donors (Lipinski definition) is 1. The summed E-state index contributed by atoms with van der Waals surface area (Å²) in [6.45, 7) is 7.38. The molecule has 0 aliphatic heterocycles. The first-order valence-corrected chi connectivity index (χ1v) is 10.2. The van der Waals surface area contributed by atoms with Gasteiger partial charge in [-0.05, 0) is 51.0 Å². The number of anilines is 1. The Morgan fingerprint density at radius 3 is 2.60 bits per heavy atom. The Morgan fingerprint density at radius 1 is 1.13 bits per heavy atom. The van der Waals surface area contributed by atoms with Crippen LogP contribution in [0.15, 0.2) is 35.1 Å². The highest BCUT2D eigenvalue weighted by molar-refractivity contribution is 7.17. The summed E-state index contributed by atoms with van der Waals surface area (Å²) in [7, 11) is 0. The van der Waals surface area contributed by atoms with Gasteiger partial charge in [0, 0.05) is 11.6 Å². The number of hydrogen-bond acceptors (Lipinski definition) is 7. The van der Waals surface area contributed by atoms with E-state index in [1.807, 2.05) is 32.0 Å². The minimum Gasteiger partial charge on any atom is -0.462 e. The Kier molecular flexibility index (Phi) is 6.41. The van der Waals surface area contributed by atoms with Crippen LogP contribution in [0.25, 0.3) is 11.3 Å². The second-order valence-corrected chi connectivity index (χ2v) is 7.71. The van der Waals surface area contributed by atoms with Crippen molar-refractivity contribution >= 4 is 28.3 Å². The van der Waals surface area contributed by atoms with E-state index in [1.165, 1.54) is 6.07 Å². The highest BCUT2D eigenvalue weighted by Crippen LogP contribution is 2.23. The van der Waals surface area contributed by atoms with Crippen molar-refractivity contribution < 1.29 is 14.3 Å². The number of amides is 1. The van der Waals surface area contributed by atoms with Crippen LogP contribution in [-0.2, 0) is 16.1 Å². The van der Waals surface area contributed by atoms with Crippen molar-refractivity contribution in [1.82, 2.24) is 14.8 Å². The normalized spacial score (nSPS) is 10.7. The van der Waals surface area contributed by atoms with Gasteiger partial charge in [0.15, 0.2) is 5.13 Å². The summed E-state index contributed by atoms with van der Waals surface area (Å²) >= 11 is 1.03. The van der Waals surface area contributed by atoms with E-state index in [4.69, 9.17) is 4.74 Å². The summed E-state index contributed by atoms with van der Waals surface area (Å²) in [5.41, 5.74) is 3.82. The lowest BCUT2D eigenvalue weighted by Crippen LogP contribution is -2.29. The van der Waals surface area contributed by atoms with Crippen molar-refractivity contribution in [3.05, 3.63) is 62.4 Å². The zero-order chi connectivity index (χ0) is 21.8. The minimum absolute atomic E-state index is 0.253. The monoisotopic (exact) mass is 426 g/mol. The lowest BCUT2D eigenvalue weighted by molar-refractivity contribution is -0.117. The smallest absolute Gasteiger partial charge is 0.350 e. The summed E-state index contributed by atoms with van der Waals surface area (Å²) in [6.07, 6.45) is 0. The Labute approximate surface area is 177 Å². The molecule has 3 rings (SSSR count). The van der Waals surface area contributed by atoms with Gasteiger partial charge < -0.3 is 10.1 Å². The predicted molar refractivity (Wildman–Crippen MR) is 115 cm³/mol. The maximum atomic E-state index is 12.4. The lowest BCUT2D eigenvalue weighted by atomic mass is 10.0. The molecule has 156 valence electrons. The van der Waals surface area contributed by atoms with Crippen LogP contribution in [-0.4, -0.2) is 33.2 Å². The largest absolute Gasteiger partial charge is 0.462 e. The van der Waals surface area contributed by atoms with E-state index < -0.39 is 11.9 Å². The van der Waals surface area contributed by atoms with Gasteiger partial charge in [-0.2, -0.15) is 5.10 Å². The van der Waals surface area contributed by atoms with Gasteiger partial charge in [-0.15, -0.1) is 0 Å². The molecule has 0 saturated heterocycles. The van der Waals surface area contributed by atoms with Gasteiger partial charge in [0.1, 0.15) is 11.4 Å². The SMILES string of the molecule is CCOC(=O)c1sc(NC(=O)Cn2nc(-c3ccc(C)c(C)c3)ccc2=O)nc1C. The standard InChI is InChI=1S/C21H22N4O4S/c1-5-29-20(28)19-14(4)22-21(30-19)23-17(26)11-25-18(27)9-8-16(24-25)15-7-6-12(2)13(3)10-15/h6-10H,5,11H2,1-4H3,(H,22,23,26). The number of carbonyl (C=O) groups is 2. The van der Waals surface area contributed by atoms with Crippen LogP contribution in [0.2, 0.25) is 0 Å². The highest BCUT2D eigenvalue weighted by atomic mass is 32.1. The molecule has 0 bridgehead atoms. The number of esters is 1. The molecule has 0 aliphatic rings. The Bertz CT molecular complexity index is 1170. The van der Waals surface area contributed by atoms with E-state index in [2.05, 4.69) is 15.4 Å². The van der Waals surface area contributed by atoms with E-state index in [-0.39, 0.29) is 23.8 Å². The summed E-state index contributed by atoms with van der Waals surface area (Å²) in [6, 6.07) is 8.92. The van der Waals surface area contributed by atoms with Gasteiger partial charge in [-0.1, -0.05) is 23.5 Å². The summed E-state index contributed by atoms with van der Waals surface area (Å²) < 4.78 is 6.08. The molecule has 3 aromatic rings. The first-order valence-electron chi connectivity index (χ1n) is 9.38. The maximum absolute atomic E-state index is 12.4. The molecular weight excluding hydrogens is 404 g/mol. The fraction of sp³-hybridized carbons (Fsp3) is 0.286. The Balaban J connectivity index is 1.77. The molecule has 1 aromatic carbocycles. The highest BCUT2D eigenvalue weighted by Gasteiger charge is 2.18. The molecule has 0 spiro atoms. The molecule has 0 saturated carbocycles. The molecule has 0 unspecified atom stereocenters. The van der Waals surface area contributed by atoms with Crippen molar-refractivity contribution in [2.24, 2.45) is 0 Å². The van der Waals surface area contributed by atoms with E-state index in [1.54, 1.807) is 19.9 Å². The quantitative estimate of drug-likeness (QED) is 0.608. The van der Waals surface area contributed by atoms with Gasteiger partial charge in [-0.25, -0.2) is 14.5 Å². The third-order valence-electron chi connectivity index (χ3n) is 4.47. The van der Waals surface area contributed by atoms with Crippen molar-refractivity contribution in [2.75, 3.05) is 11.9 Å². The molecule has 9 heteroatoms. The number of nitrogens with one attached hydrogen (secondary N) is 1. The third kappa shape index (κ3) is 4.80. The number of nitrogens with zero attached hydrogens (tertiary/aromatic N) is 3. The number of aromatic nitrogens is 3.